The fourth-order valence-corrected chi connectivity index (χ4v) is 2.49. The Balaban J connectivity index is 1.43. The maximum atomic E-state index is 13.2. The van der Waals surface area contributed by atoms with Crippen LogP contribution in [0.25, 0.3) is 0 Å². The van der Waals surface area contributed by atoms with Gasteiger partial charge >= 0.3 is 0 Å². The summed E-state index contributed by atoms with van der Waals surface area (Å²) in [6.45, 7) is 0.177. The minimum Gasteiger partial charge on any atom is -0.454 e. The number of anilines is 3. The number of hydrogen-bond donors (Lipinski definition) is 2. The molecule has 4 rings (SSSR count). The van der Waals surface area contributed by atoms with Crippen LogP contribution < -0.4 is 20.1 Å². The second kappa shape index (κ2) is 6.72. The molecule has 1 aromatic heterocycles. The van der Waals surface area contributed by atoms with Gasteiger partial charge in [-0.25, -0.2) is 9.37 Å². The molecular weight excluding hydrogens is 337 g/mol. The van der Waals surface area contributed by atoms with Crippen LogP contribution in [0.4, 0.5) is 21.6 Å². The molecule has 6 nitrogen and oxygen atoms in total. The normalized spacial score (nSPS) is 11.9. The van der Waals surface area contributed by atoms with Gasteiger partial charge in [0, 0.05) is 23.6 Å². The summed E-state index contributed by atoms with van der Waals surface area (Å²) in [7, 11) is 0. The fraction of sp³-hybridized carbons (Fsp3) is 0.0526. The molecule has 130 valence electrons. The first-order chi connectivity index (χ1) is 12.7. The predicted octanol–water partition coefficient (Wildman–Crippen LogP) is 3.95. The van der Waals surface area contributed by atoms with E-state index in [1.807, 2.05) is 0 Å². The fourth-order valence-electron chi connectivity index (χ4n) is 2.49. The summed E-state index contributed by atoms with van der Waals surface area (Å²) in [5.41, 5.74) is 1.57. The first kappa shape index (κ1) is 15.9. The topological polar surface area (TPSA) is 72.5 Å². The second-order valence-corrected chi connectivity index (χ2v) is 5.59. The van der Waals surface area contributed by atoms with Crippen molar-refractivity contribution in [1.29, 1.82) is 0 Å². The molecule has 0 radical (unpaired) electrons. The number of amides is 1. The van der Waals surface area contributed by atoms with E-state index in [1.165, 1.54) is 18.3 Å². The highest BCUT2D eigenvalue weighted by atomic mass is 19.1. The molecule has 2 N–H and O–H groups in total. The number of carbonyl (C=O) groups excluding carboxylic acids is 1. The van der Waals surface area contributed by atoms with Crippen molar-refractivity contribution < 1.29 is 18.7 Å². The number of halogens is 1. The quantitative estimate of drug-likeness (QED) is 0.745. The molecule has 0 spiro atoms. The molecule has 0 aliphatic carbocycles. The lowest BCUT2D eigenvalue weighted by Gasteiger charge is -2.08. The Bertz CT molecular complexity index is 960. The Morgan fingerprint density at radius 3 is 2.69 bits per heavy atom. The van der Waals surface area contributed by atoms with Gasteiger partial charge in [-0.2, -0.15) is 0 Å². The molecule has 26 heavy (non-hydrogen) atoms. The molecule has 0 unspecified atom stereocenters. The number of benzene rings is 2. The van der Waals surface area contributed by atoms with Gasteiger partial charge in [0.15, 0.2) is 11.5 Å². The van der Waals surface area contributed by atoms with Gasteiger partial charge in [0.2, 0.25) is 6.79 Å². The summed E-state index contributed by atoms with van der Waals surface area (Å²) in [5, 5.41) is 5.76. The van der Waals surface area contributed by atoms with Crippen molar-refractivity contribution in [2.75, 3.05) is 17.4 Å². The van der Waals surface area contributed by atoms with Gasteiger partial charge in [0.05, 0.1) is 5.56 Å². The van der Waals surface area contributed by atoms with E-state index in [0.717, 1.165) is 0 Å². The van der Waals surface area contributed by atoms with Crippen molar-refractivity contribution >= 4 is 23.1 Å². The molecule has 2 aromatic carbocycles. The van der Waals surface area contributed by atoms with Crippen molar-refractivity contribution in [2.24, 2.45) is 0 Å². The van der Waals surface area contributed by atoms with Crippen molar-refractivity contribution in [3.8, 4) is 11.5 Å². The van der Waals surface area contributed by atoms with Crippen LogP contribution in [0, 0.1) is 5.82 Å². The van der Waals surface area contributed by atoms with Gasteiger partial charge < -0.3 is 20.1 Å². The smallest absolute Gasteiger partial charge is 0.257 e. The summed E-state index contributed by atoms with van der Waals surface area (Å²) in [5.74, 6) is 1.12. The average molecular weight is 351 g/mol. The summed E-state index contributed by atoms with van der Waals surface area (Å²) in [6.07, 6.45) is 1.45. The first-order valence-electron chi connectivity index (χ1n) is 7.87. The second-order valence-electron chi connectivity index (χ2n) is 5.59. The summed E-state index contributed by atoms with van der Waals surface area (Å²) >= 11 is 0. The molecule has 0 atom stereocenters. The molecule has 0 saturated heterocycles. The zero-order chi connectivity index (χ0) is 17.9. The molecule has 1 amide bonds. The largest absolute Gasteiger partial charge is 0.454 e. The molecule has 2 heterocycles. The molecule has 0 fully saturated rings. The van der Waals surface area contributed by atoms with E-state index in [0.29, 0.717) is 34.3 Å². The molecule has 7 heteroatoms. The number of nitrogens with one attached hydrogen (secondary N) is 2. The van der Waals surface area contributed by atoms with Gasteiger partial charge in [-0.3, -0.25) is 4.79 Å². The zero-order valence-electron chi connectivity index (χ0n) is 13.5. The van der Waals surface area contributed by atoms with Gasteiger partial charge in [0.25, 0.3) is 5.91 Å². The minimum absolute atomic E-state index is 0.177. The van der Waals surface area contributed by atoms with E-state index >= 15 is 0 Å². The third-order valence-electron chi connectivity index (χ3n) is 3.75. The molecule has 3 aromatic rings. The van der Waals surface area contributed by atoms with Crippen LogP contribution in [-0.4, -0.2) is 17.7 Å². The van der Waals surface area contributed by atoms with Crippen LogP contribution in [0.5, 0.6) is 11.5 Å². The Morgan fingerprint density at radius 2 is 1.88 bits per heavy atom. The summed E-state index contributed by atoms with van der Waals surface area (Å²) in [6, 6.07) is 14.5. The third-order valence-corrected chi connectivity index (χ3v) is 3.75. The van der Waals surface area contributed by atoms with Crippen LogP contribution in [-0.2, 0) is 0 Å². The minimum atomic E-state index is -0.338. The average Bonchev–Trinajstić information content (AvgIpc) is 3.10. The van der Waals surface area contributed by atoms with Crippen molar-refractivity contribution in [3.05, 3.63) is 72.2 Å². The number of fused-ring (bicyclic) bond motifs is 1. The first-order valence-corrected chi connectivity index (χ1v) is 7.87. The Hall–Kier alpha value is -3.61. The lowest BCUT2D eigenvalue weighted by Crippen LogP contribution is -2.12. The predicted molar refractivity (Wildman–Crippen MR) is 94.4 cm³/mol. The van der Waals surface area contributed by atoms with Crippen LogP contribution in [0.3, 0.4) is 0 Å². The Kier molecular flexibility index (Phi) is 4.10. The molecule has 0 bridgehead atoms. The number of carbonyl (C=O) groups is 1. The van der Waals surface area contributed by atoms with Crippen molar-refractivity contribution in [1.82, 2.24) is 4.98 Å². The maximum absolute atomic E-state index is 13.2. The Labute approximate surface area is 148 Å². The van der Waals surface area contributed by atoms with E-state index in [-0.39, 0.29) is 18.5 Å². The van der Waals surface area contributed by atoms with Gasteiger partial charge in [-0.05, 0) is 42.5 Å². The third kappa shape index (κ3) is 3.41. The SMILES string of the molecule is O=C(Nc1ccc2c(c1)OCO2)c1ccc(Nc2cccc(F)c2)nc1. The van der Waals surface area contributed by atoms with Crippen LogP contribution in [0.15, 0.2) is 60.8 Å². The molecule has 1 aliphatic heterocycles. The van der Waals surface area contributed by atoms with Crippen molar-refractivity contribution in [3.63, 3.8) is 0 Å². The summed E-state index contributed by atoms with van der Waals surface area (Å²) < 4.78 is 23.7. The van der Waals surface area contributed by atoms with E-state index in [9.17, 15) is 9.18 Å². The van der Waals surface area contributed by atoms with E-state index in [4.69, 9.17) is 9.47 Å². The number of hydrogen-bond acceptors (Lipinski definition) is 5. The van der Waals surface area contributed by atoms with E-state index in [2.05, 4.69) is 15.6 Å². The standard InChI is InChI=1S/C19H14FN3O3/c20-13-2-1-3-14(8-13)22-18-7-4-12(10-21-18)19(24)23-15-5-6-16-17(9-15)26-11-25-16/h1-10H,11H2,(H,21,22)(H,23,24). The maximum Gasteiger partial charge on any atom is 0.257 e. The van der Waals surface area contributed by atoms with Crippen LogP contribution in [0.1, 0.15) is 10.4 Å². The molecular formula is C19H14FN3O3. The lowest BCUT2D eigenvalue weighted by molar-refractivity contribution is 0.102. The number of pyridine rings is 1. The monoisotopic (exact) mass is 351 g/mol. The number of ether oxygens (including phenoxy) is 2. The van der Waals surface area contributed by atoms with Crippen LogP contribution >= 0.6 is 0 Å². The number of aromatic nitrogens is 1. The van der Waals surface area contributed by atoms with Crippen LogP contribution in [0.2, 0.25) is 0 Å². The zero-order valence-corrected chi connectivity index (χ0v) is 13.5. The molecule has 0 saturated carbocycles. The van der Waals surface area contributed by atoms with Gasteiger partial charge in [0.1, 0.15) is 11.6 Å². The van der Waals surface area contributed by atoms with E-state index < -0.39 is 0 Å². The summed E-state index contributed by atoms with van der Waals surface area (Å²) in [4.78, 5) is 16.5. The highest BCUT2D eigenvalue weighted by Gasteiger charge is 2.14. The number of nitrogens with zero attached hydrogens (tertiary/aromatic N) is 1. The van der Waals surface area contributed by atoms with Crippen molar-refractivity contribution in [2.45, 2.75) is 0 Å². The Morgan fingerprint density at radius 1 is 1.00 bits per heavy atom. The number of rotatable bonds is 4. The lowest BCUT2D eigenvalue weighted by atomic mass is 10.2. The van der Waals surface area contributed by atoms with Gasteiger partial charge in [-0.15, -0.1) is 0 Å². The van der Waals surface area contributed by atoms with E-state index in [1.54, 1.807) is 42.5 Å². The van der Waals surface area contributed by atoms with Gasteiger partial charge in [-0.1, -0.05) is 6.07 Å². The molecule has 1 aliphatic rings. The highest BCUT2D eigenvalue weighted by molar-refractivity contribution is 6.04. The highest BCUT2D eigenvalue weighted by Crippen LogP contribution is 2.34.